The van der Waals surface area contributed by atoms with Crippen LogP contribution < -0.4 is 20.7 Å². The molecule has 0 fully saturated rings. The molecular weight excluding hydrogens is 446 g/mol. The van der Waals surface area contributed by atoms with Crippen LogP contribution in [0.3, 0.4) is 0 Å². The molecule has 0 saturated heterocycles. The first-order chi connectivity index (χ1) is 15.5. The van der Waals surface area contributed by atoms with Crippen LogP contribution in [0.1, 0.15) is 39.7 Å². The van der Waals surface area contributed by atoms with Crippen LogP contribution in [-0.4, -0.2) is 36.2 Å². The Morgan fingerprint density at radius 2 is 1.73 bits per heavy atom. The summed E-state index contributed by atoms with van der Waals surface area (Å²) in [6.45, 7) is 7.41. The van der Waals surface area contributed by atoms with Crippen LogP contribution >= 0.6 is 11.6 Å². The third-order valence-corrected chi connectivity index (χ3v) is 4.45. The average Bonchev–Trinajstić information content (AvgIpc) is 2.73. The van der Waals surface area contributed by atoms with Gasteiger partial charge in [0.1, 0.15) is 11.4 Å². The summed E-state index contributed by atoms with van der Waals surface area (Å²) in [6, 6.07) is 13.9. The monoisotopic (exact) mass is 475 g/mol. The van der Waals surface area contributed by atoms with E-state index >= 15 is 0 Å². The van der Waals surface area contributed by atoms with Gasteiger partial charge >= 0.3 is 6.09 Å². The Bertz CT molecular complexity index is 957. The molecule has 33 heavy (non-hydrogen) atoms. The van der Waals surface area contributed by atoms with E-state index in [-0.39, 0.29) is 31.3 Å². The largest absolute Gasteiger partial charge is 0.481 e. The normalized spacial score (nSPS) is 11.8. The first-order valence-electron chi connectivity index (χ1n) is 10.6. The van der Waals surface area contributed by atoms with Gasteiger partial charge in [0.25, 0.3) is 5.91 Å². The molecule has 2 rings (SSSR count). The van der Waals surface area contributed by atoms with E-state index in [1.165, 1.54) is 0 Å². The summed E-state index contributed by atoms with van der Waals surface area (Å²) in [6.07, 6.45) is -1.16. The third kappa shape index (κ3) is 10.3. The molecule has 2 aromatic carbocycles. The predicted octanol–water partition coefficient (Wildman–Crippen LogP) is 4.28. The van der Waals surface area contributed by atoms with Gasteiger partial charge in [0.15, 0.2) is 6.10 Å². The Morgan fingerprint density at radius 1 is 1.03 bits per heavy atom. The van der Waals surface area contributed by atoms with E-state index in [0.29, 0.717) is 16.5 Å². The number of carbonyl (C=O) groups is 3. The lowest BCUT2D eigenvalue weighted by Crippen LogP contribution is -2.35. The van der Waals surface area contributed by atoms with E-state index in [9.17, 15) is 14.4 Å². The number of hydrogen-bond acceptors (Lipinski definition) is 5. The van der Waals surface area contributed by atoms with Crippen LogP contribution in [0.15, 0.2) is 48.5 Å². The lowest BCUT2D eigenvalue weighted by Gasteiger charge is -2.19. The summed E-state index contributed by atoms with van der Waals surface area (Å²) in [7, 11) is 0. The maximum atomic E-state index is 12.4. The molecule has 8 nitrogen and oxygen atoms in total. The van der Waals surface area contributed by atoms with Gasteiger partial charge in [0.2, 0.25) is 5.91 Å². The number of ether oxygens (including phenoxy) is 2. The van der Waals surface area contributed by atoms with E-state index in [1.54, 1.807) is 70.2 Å². The number of hydrogen-bond donors (Lipinski definition) is 3. The molecule has 0 spiro atoms. The SMILES string of the molecule is CC(Oc1ccc(Cl)cc1)C(=O)Nc1cccc(CNC(=O)CCNC(=O)OC(C)(C)C)c1. The highest BCUT2D eigenvalue weighted by molar-refractivity contribution is 6.30. The van der Waals surface area contributed by atoms with Gasteiger partial charge in [-0.25, -0.2) is 4.79 Å². The zero-order valence-electron chi connectivity index (χ0n) is 19.2. The number of benzene rings is 2. The fourth-order valence-electron chi connectivity index (χ4n) is 2.66. The number of nitrogens with one attached hydrogen (secondary N) is 3. The zero-order chi connectivity index (χ0) is 24.4. The number of anilines is 1. The maximum absolute atomic E-state index is 12.4. The van der Waals surface area contributed by atoms with Gasteiger partial charge in [-0.1, -0.05) is 23.7 Å². The first kappa shape index (κ1) is 26.0. The predicted molar refractivity (Wildman–Crippen MR) is 127 cm³/mol. The molecule has 0 aliphatic carbocycles. The van der Waals surface area contributed by atoms with Gasteiger partial charge < -0.3 is 25.4 Å². The van der Waals surface area contributed by atoms with Crippen molar-refractivity contribution >= 4 is 35.2 Å². The summed E-state index contributed by atoms with van der Waals surface area (Å²) >= 11 is 5.85. The topological polar surface area (TPSA) is 106 Å². The van der Waals surface area contributed by atoms with Gasteiger partial charge in [-0.15, -0.1) is 0 Å². The summed E-state index contributed by atoms with van der Waals surface area (Å²) in [5.74, 6) is 0.0181. The fraction of sp³-hybridized carbons (Fsp3) is 0.375. The second-order valence-corrected chi connectivity index (χ2v) is 8.80. The molecule has 0 aliphatic heterocycles. The molecule has 2 aromatic rings. The number of alkyl carbamates (subject to hydrolysis) is 1. The van der Waals surface area contributed by atoms with E-state index in [0.717, 1.165) is 5.56 Å². The van der Waals surface area contributed by atoms with Crippen molar-refractivity contribution in [3.8, 4) is 5.75 Å². The summed E-state index contributed by atoms with van der Waals surface area (Å²) in [5, 5.41) is 8.71. The second kappa shape index (κ2) is 12.1. The van der Waals surface area contributed by atoms with Gasteiger partial charge in [0.05, 0.1) is 0 Å². The van der Waals surface area contributed by atoms with Crippen molar-refractivity contribution in [3.05, 3.63) is 59.1 Å². The minimum Gasteiger partial charge on any atom is -0.481 e. The summed E-state index contributed by atoms with van der Waals surface area (Å²) in [4.78, 5) is 36.1. The highest BCUT2D eigenvalue weighted by Gasteiger charge is 2.16. The molecule has 0 radical (unpaired) electrons. The second-order valence-electron chi connectivity index (χ2n) is 8.36. The van der Waals surface area contributed by atoms with Crippen molar-refractivity contribution in [1.82, 2.24) is 10.6 Å². The minimum atomic E-state index is -0.716. The van der Waals surface area contributed by atoms with Gasteiger partial charge in [-0.3, -0.25) is 9.59 Å². The van der Waals surface area contributed by atoms with E-state index in [2.05, 4.69) is 16.0 Å². The highest BCUT2D eigenvalue weighted by Crippen LogP contribution is 2.18. The van der Waals surface area contributed by atoms with Crippen molar-refractivity contribution in [2.24, 2.45) is 0 Å². The molecule has 3 amide bonds. The van der Waals surface area contributed by atoms with Crippen molar-refractivity contribution in [2.45, 2.75) is 52.4 Å². The Hall–Kier alpha value is -3.26. The minimum absolute atomic E-state index is 0.120. The molecule has 0 saturated carbocycles. The number of amides is 3. The van der Waals surface area contributed by atoms with Crippen LogP contribution in [-0.2, 0) is 20.9 Å². The zero-order valence-corrected chi connectivity index (χ0v) is 20.0. The molecule has 0 heterocycles. The third-order valence-electron chi connectivity index (χ3n) is 4.20. The van der Waals surface area contributed by atoms with Gasteiger partial charge in [-0.05, 0) is 69.7 Å². The Morgan fingerprint density at radius 3 is 2.39 bits per heavy atom. The quantitative estimate of drug-likeness (QED) is 0.502. The van der Waals surface area contributed by atoms with Crippen molar-refractivity contribution in [3.63, 3.8) is 0 Å². The number of halogens is 1. The van der Waals surface area contributed by atoms with Gasteiger partial charge in [0, 0.05) is 30.2 Å². The summed E-state index contributed by atoms with van der Waals surface area (Å²) in [5.41, 5.74) is 0.810. The Labute approximate surface area is 199 Å². The van der Waals surface area contributed by atoms with Crippen molar-refractivity contribution < 1.29 is 23.9 Å². The number of carbonyl (C=O) groups excluding carboxylic acids is 3. The Kier molecular flexibility index (Phi) is 9.54. The molecular formula is C24H30ClN3O5. The molecule has 3 N–H and O–H groups in total. The summed E-state index contributed by atoms with van der Waals surface area (Å²) < 4.78 is 10.7. The lowest BCUT2D eigenvalue weighted by atomic mass is 10.2. The standard InChI is InChI=1S/C24H30ClN3O5/c1-16(32-20-10-8-18(25)9-11-20)22(30)28-19-7-5-6-17(14-19)15-27-21(29)12-13-26-23(31)33-24(2,3)4/h5-11,14,16H,12-13,15H2,1-4H3,(H,26,31)(H,27,29)(H,28,30). The lowest BCUT2D eigenvalue weighted by molar-refractivity contribution is -0.122. The molecule has 0 aromatic heterocycles. The molecule has 1 atom stereocenters. The van der Waals surface area contributed by atoms with Crippen LogP contribution in [0.5, 0.6) is 5.75 Å². The first-order valence-corrected chi connectivity index (χ1v) is 11.0. The average molecular weight is 476 g/mol. The maximum Gasteiger partial charge on any atom is 0.407 e. The van der Waals surface area contributed by atoms with E-state index in [4.69, 9.17) is 21.1 Å². The highest BCUT2D eigenvalue weighted by atomic mass is 35.5. The van der Waals surface area contributed by atoms with Crippen LogP contribution in [0.4, 0.5) is 10.5 Å². The molecule has 1 unspecified atom stereocenters. The van der Waals surface area contributed by atoms with E-state index in [1.807, 2.05) is 6.07 Å². The fourth-order valence-corrected chi connectivity index (χ4v) is 2.78. The smallest absolute Gasteiger partial charge is 0.407 e. The van der Waals surface area contributed by atoms with E-state index < -0.39 is 17.8 Å². The molecule has 0 bridgehead atoms. The molecule has 0 aliphatic rings. The van der Waals surface area contributed by atoms with Crippen molar-refractivity contribution in [1.29, 1.82) is 0 Å². The van der Waals surface area contributed by atoms with Crippen LogP contribution in [0, 0.1) is 0 Å². The Balaban J connectivity index is 1.77. The molecule has 178 valence electrons. The number of rotatable bonds is 9. The molecule has 9 heteroatoms. The van der Waals surface area contributed by atoms with Gasteiger partial charge in [-0.2, -0.15) is 0 Å². The van der Waals surface area contributed by atoms with Crippen LogP contribution in [0.25, 0.3) is 0 Å². The van der Waals surface area contributed by atoms with Crippen LogP contribution in [0.2, 0.25) is 5.02 Å². The van der Waals surface area contributed by atoms with Crippen molar-refractivity contribution in [2.75, 3.05) is 11.9 Å².